The van der Waals surface area contributed by atoms with Gasteiger partial charge in [0.2, 0.25) is 0 Å². The lowest BCUT2D eigenvalue weighted by Crippen LogP contribution is -2.17. The van der Waals surface area contributed by atoms with Crippen LogP contribution in [0.3, 0.4) is 0 Å². The monoisotopic (exact) mass is 261 g/mol. The van der Waals surface area contributed by atoms with Gasteiger partial charge >= 0.3 is 6.09 Å². The smallest absolute Gasteiger partial charge is 0.412 e. The molecule has 0 atom stereocenters. The highest BCUT2D eigenvalue weighted by Crippen LogP contribution is 2.29. The van der Waals surface area contributed by atoms with E-state index in [0.29, 0.717) is 10.0 Å². The van der Waals surface area contributed by atoms with Gasteiger partial charge < -0.3 is 4.74 Å². The summed E-state index contributed by atoms with van der Waals surface area (Å²) in [6.07, 6.45) is -0.773. The Morgan fingerprint density at radius 3 is 2.38 bits per heavy atom. The van der Waals surface area contributed by atoms with Crippen LogP contribution in [0.15, 0.2) is 18.2 Å². The van der Waals surface area contributed by atoms with Crippen molar-refractivity contribution in [1.29, 1.82) is 0 Å². The Kier molecular flexibility index (Phi) is 4.58. The standard InChI is InChI=1S/C10H9Cl2NO3/c1-6(14)5-16-10(15)13-9-7(11)3-2-4-8(9)12/h2-4H,5H2,1H3,(H,13,15). The zero-order valence-corrected chi connectivity index (χ0v) is 9.93. The summed E-state index contributed by atoms with van der Waals surface area (Å²) in [5, 5.41) is 2.95. The number of anilines is 1. The zero-order chi connectivity index (χ0) is 12.1. The third-order valence-corrected chi connectivity index (χ3v) is 2.23. The second-order valence-corrected chi connectivity index (χ2v) is 3.81. The van der Waals surface area contributed by atoms with Gasteiger partial charge in [0.1, 0.15) is 0 Å². The van der Waals surface area contributed by atoms with Crippen LogP contribution < -0.4 is 5.32 Å². The third kappa shape index (κ3) is 3.72. The minimum absolute atomic E-state index is 0.250. The molecule has 0 aliphatic carbocycles. The normalized spacial score (nSPS) is 9.69. The maximum Gasteiger partial charge on any atom is 0.412 e. The Hall–Kier alpha value is -1.26. The second kappa shape index (κ2) is 5.72. The molecule has 0 fully saturated rings. The van der Waals surface area contributed by atoms with Crippen LogP contribution in [0.4, 0.5) is 10.5 Å². The van der Waals surface area contributed by atoms with Gasteiger partial charge in [0.05, 0.1) is 15.7 Å². The zero-order valence-electron chi connectivity index (χ0n) is 8.42. The molecule has 0 heterocycles. The van der Waals surface area contributed by atoms with Crippen molar-refractivity contribution in [3.05, 3.63) is 28.2 Å². The number of benzene rings is 1. The first-order valence-corrected chi connectivity index (χ1v) is 5.13. The fourth-order valence-electron chi connectivity index (χ4n) is 0.923. The van der Waals surface area contributed by atoms with Crippen LogP contribution in [0.1, 0.15) is 6.92 Å². The van der Waals surface area contributed by atoms with Crippen LogP contribution in [0.5, 0.6) is 0 Å². The first-order valence-electron chi connectivity index (χ1n) is 4.38. The Morgan fingerprint density at radius 2 is 1.88 bits per heavy atom. The Labute approximate surface area is 102 Å². The second-order valence-electron chi connectivity index (χ2n) is 3.00. The van der Waals surface area contributed by atoms with E-state index < -0.39 is 6.09 Å². The maximum atomic E-state index is 11.2. The molecule has 0 aromatic heterocycles. The number of amides is 1. The fraction of sp³-hybridized carbons (Fsp3) is 0.200. The quantitative estimate of drug-likeness (QED) is 0.910. The van der Waals surface area contributed by atoms with E-state index in [1.807, 2.05) is 0 Å². The molecule has 0 unspecified atom stereocenters. The lowest BCUT2D eigenvalue weighted by molar-refractivity contribution is -0.119. The van der Waals surface area contributed by atoms with Gasteiger partial charge in [-0.15, -0.1) is 0 Å². The van der Waals surface area contributed by atoms with Crippen LogP contribution in [0, 0.1) is 0 Å². The number of para-hydroxylation sites is 1. The van der Waals surface area contributed by atoms with Gasteiger partial charge in [-0.2, -0.15) is 0 Å². The molecule has 1 N–H and O–H groups in total. The molecule has 0 bridgehead atoms. The van der Waals surface area contributed by atoms with Gasteiger partial charge in [0, 0.05) is 0 Å². The first kappa shape index (κ1) is 12.8. The average Bonchev–Trinajstić information content (AvgIpc) is 2.21. The summed E-state index contributed by atoms with van der Waals surface area (Å²) in [7, 11) is 0. The summed E-state index contributed by atoms with van der Waals surface area (Å²) >= 11 is 11.6. The Balaban J connectivity index is 2.66. The van der Waals surface area contributed by atoms with E-state index in [1.54, 1.807) is 18.2 Å². The highest BCUT2D eigenvalue weighted by molar-refractivity contribution is 6.39. The summed E-state index contributed by atoms with van der Waals surface area (Å²) in [5.74, 6) is -0.250. The van der Waals surface area contributed by atoms with Crippen LogP contribution in [0.2, 0.25) is 10.0 Å². The van der Waals surface area contributed by atoms with Gasteiger partial charge in [0.15, 0.2) is 12.4 Å². The van der Waals surface area contributed by atoms with Crippen molar-refractivity contribution < 1.29 is 14.3 Å². The minimum atomic E-state index is -0.773. The number of carbonyl (C=O) groups is 2. The maximum absolute atomic E-state index is 11.2. The summed E-state index contributed by atoms with van der Waals surface area (Å²) < 4.78 is 4.60. The summed E-state index contributed by atoms with van der Waals surface area (Å²) in [4.78, 5) is 21.8. The molecule has 0 radical (unpaired) electrons. The molecular weight excluding hydrogens is 253 g/mol. The number of hydrogen-bond donors (Lipinski definition) is 1. The van der Waals surface area contributed by atoms with Crippen LogP contribution in [-0.2, 0) is 9.53 Å². The van der Waals surface area contributed by atoms with Crippen molar-refractivity contribution in [2.75, 3.05) is 11.9 Å². The number of hydrogen-bond acceptors (Lipinski definition) is 3. The number of carbonyl (C=O) groups excluding carboxylic acids is 2. The summed E-state index contributed by atoms with van der Waals surface area (Å²) in [5.41, 5.74) is 0.263. The number of halogens is 2. The van der Waals surface area contributed by atoms with Gasteiger partial charge in [-0.1, -0.05) is 29.3 Å². The van der Waals surface area contributed by atoms with Crippen LogP contribution in [0.25, 0.3) is 0 Å². The molecule has 0 aliphatic heterocycles. The molecule has 0 aliphatic rings. The Morgan fingerprint density at radius 1 is 1.31 bits per heavy atom. The topological polar surface area (TPSA) is 55.4 Å². The van der Waals surface area contributed by atoms with Crippen molar-refractivity contribution >= 4 is 40.8 Å². The van der Waals surface area contributed by atoms with E-state index in [-0.39, 0.29) is 18.1 Å². The lowest BCUT2D eigenvalue weighted by atomic mass is 10.3. The van der Waals surface area contributed by atoms with E-state index in [1.165, 1.54) is 6.92 Å². The van der Waals surface area contributed by atoms with Crippen LogP contribution in [-0.4, -0.2) is 18.5 Å². The highest BCUT2D eigenvalue weighted by Gasteiger charge is 2.10. The van der Waals surface area contributed by atoms with Crippen LogP contribution >= 0.6 is 23.2 Å². The predicted molar refractivity (Wildman–Crippen MR) is 62.1 cm³/mol. The van der Waals surface area contributed by atoms with E-state index in [2.05, 4.69) is 10.1 Å². The van der Waals surface area contributed by atoms with Crippen molar-refractivity contribution in [2.45, 2.75) is 6.92 Å². The lowest BCUT2D eigenvalue weighted by Gasteiger charge is -2.08. The number of ether oxygens (including phenoxy) is 1. The van der Waals surface area contributed by atoms with E-state index >= 15 is 0 Å². The van der Waals surface area contributed by atoms with Gasteiger partial charge in [-0.25, -0.2) is 4.79 Å². The van der Waals surface area contributed by atoms with Crippen molar-refractivity contribution in [3.63, 3.8) is 0 Å². The molecule has 16 heavy (non-hydrogen) atoms. The molecule has 1 rings (SSSR count). The molecule has 0 saturated carbocycles. The predicted octanol–water partition coefficient (Wildman–Crippen LogP) is 3.13. The summed E-state index contributed by atoms with van der Waals surface area (Å²) in [6.45, 7) is 1.03. The van der Waals surface area contributed by atoms with Crippen molar-refractivity contribution in [1.82, 2.24) is 0 Å². The SMILES string of the molecule is CC(=O)COC(=O)Nc1c(Cl)cccc1Cl. The van der Waals surface area contributed by atoms with E-state index in [0.717, 1.165) is 0 Å². The number of rotatable bonds is 3. The highest BCUT2D eigenvalue weighted by atomic mass is 35.5. The molecular formula is C10H9Cl2NO3. The molecule has 6 heteroatoms. The molecule has 0 spiro atoms. The molecule has 4 nitrogen and oxygen atoms in total. The number of ketones is 1. The van der Waals surface area contributed by atoms with Crippen molar-refractivity contribution in [2.24, 2.45) is 0 Å². The molecule has 1 amide bonds. The molecule has 86 valence electrons. The van der Waals surface area contributed by atoms with Gasteiger partial charge in [-0.05, 0) is 19.1 Å². The molecule has 1 aromatic carbocycles. The summed E-state index contributed by atoms with van der Waals surface area (Å²) in [6, 6.07) is 4.80. The molecule has 0 saturated heterocycles. The van der Waals surface area contributed by atoms with Gasteiger partial charge in [-0.3, -0.25) is 10.1 Å². The van der Waals surface area contributed by atoms with Crippen molar-refractivity contribution in [3.8, 4) is 0 Å². The number of nitrogens with one attached hydrogen (secondary N) is 1. The fourth-order valence-corrected chi connectivity index (χ4v) is 1.41. The minimum Gasteiger partial charge on any atom is -0.441 e. The first-order chi connectivity index (χ1) is 7.50. The Bertz CT molecular complexity index is 400. The van der Waals surface area contributed by atoms with E-state index in [4.69, 9.17) is 23.2 Å². The number of Topliss-reactive ketones (excluding diaryl/α,β-unsaturated/α-hetero) is 1. The molecule has 1 aromatic rings. The third-order valence-electron chi connectivity index (χ3n) is 1.60. The van der Waals surface area contributed by atoms with Gasteiger partial charge in [0.25, 0.3) is 0 Å². The average molecular weight is 262 g/mol. The van der Waals surface area contributed by atoms with E-state index in [9.17, 15) is 9.59 Å². The largest absolute Gasteiger partial charge is 0.441 e.